The lowest BCUT2D eigenvalue weighted by atomic mass is 10.1. The summed E-state index contributed by atoms with van der Waals surface area (Å²) in [6.07, 6.45) is 4.18. The number of likely N-dealkylation sites (tertiary alicyclic amines) is 1. The van der Waals surface area contributed by atoms with E-state index in [9.17, 15) is 9.59 Å². The molecule has 5 nitrogen and oxygen atoms in total. The van der Waals surface area contributed by atoms with Crippen molar-refractivity contribution in [2.45, 2.75) is 37.8 Å². The summed E-state index contributed by atoms with van der Waals surface area (Å²) in [7, 11) is 1.94. The molecule has 0 radical (unpaired) electrons. The van der Waals surface area contributed by atoms with Crippen molar-refractivity contribution >= 4 is 11.9 Å². The fraction of sp³-hybridized carbons (Fsp3) is 0.714. The Bertz CT molecular complexity index is 396. The average molecular weight is 266 g/mol. The maximum absolute atomic E-state index is 12.3. The van der Waals surface area contributed by atoms with E-state index in [-0.39, 0.29) is 23.8 Å². The molecule has 19 heavy (non-hydrogen) atoms. The van der Waals surface area contributed by atoms with Gasteiger partial charge in [0.05, 0.1) is 12.6 Å². The zero-order valence-electron chi connectivity index (χ0n) is 11.6. The number of rotatable bonds is 5. The Balaban J connectivity index is 2.04. The van der Waals surface area contributed by atoms with Crippen molar-refractivity contribution in [1.29, 1.82) is 0 Å². The Morgan fingerprint density at radius 3 is 2.79 bits per heavy atom. The van der Waals surface area contributed by atoms with Crippen LogP contribution in [0.25, 0.3) is 0 Å². The summed E-state index contributed by atoms with van der Waals surface area (Å²) >= 11 is 0. The molecule has 3 atom stereocenters. The van der Waals surface area contributed by atoms with Gasteiger partial charge in [-0.2, -0.15) is 0 Å². The summed E-state index contributed by atoms with van der Waals surface area (Å²) in [5.74, 6) is -0.423. The maximum atomic E-state index is 12.3. The van der Waals surface area contributed by atoms with Crippen LogP contribution in [0.2, 0.25) is 0 Å². The van der Waals surface area contributed by atoms with Gasteiger partial charge in [0.25, 0.3) is 0 Å². The lowest BCUT2D eigenvalue weighted by molar-refractivity contribution is -0.149. The van der Waals surface area contributed by atoms with E-state index in [0.717, 1.165) is 19.4 Å². The zero-order valence-corrected chi connectivity index (χ0v) is 11.6. The Morgan fingerprint density at radius 1 is 1.58 bits per heavy atom. The van der Waals surface area contributed by atoms with Gasteiger partial charge in [-0.1, -0.05) is 6.08 Å². The molecule has 0 spiro atoms. The van der Waals surface area contributed by atoms with E-state index >= 15 is 0 Å². The number of carbonyl (C=O) groups excluding carboxylic acids is 2. The molecular weight excluding hydrogens is 244 g/mol. The second-order valence-corrected chi connectivity index (χ2v) is 5.37. The van der Waals surface area contributed by atoms with Crippen LogP contribution in [0.3, 0.4) is 0 Å². The molecule has 5 heteroatoms. The summed E-state index contributed by atoms with van der Waals surface area (Å²) in [6.45, 7) is 6.73. The predicted octanol–water partition coefficient (Wildman–Crippen LogP) is 0.705. The number of ether oxygens (including phenoxy) is 1. The van der Waals surface area contributed by atoms with Crippen LogP contribution in [0.15, 0.2) is 12.7 Å². The fourth-order valence-electron chi connectivity index (χ4n) is 2.81. The number of carbonyl (C=O) groups is 2. The molecule has 1 aliphatic heterocycles. The lowest BCUT2D eigenvalue weighted by Gasteiger charge is -2.23. The summed E-state index contributed by atoms with van der Waals surface area (Å²) in [5, 5.41) is 2.90. The van der Waals surface area contributed by atoms with Crippen molar-refractivity contribution in [3.63, 3.8) is 0 Å². The topological polar surface area (TPSA) is 58.6 Å². The highest BCUT2D eigenvalue weighted by Gasteiger charge is 2.61. The van der Waals surface area contributed by atoms with E-state index in [1.165, 1.54) is 0 Å². The number of amides is 1. The van der Waals surface area contributed by atoms with Crippen LogP contribution >= 0.6 is 0 Å². The maximum Gasteiger partial charge on any atom is 0.332 e. The lowest BCUT2D eigenvalue weighted by Crippen LogP contribution is -2.51. The first-order chi connectivity index (χ1) is 9.05. The van der Waals surface area contributed by atoms with Gasteiger partial charge in [-0.05, 0) is 39.8 Å². The molecule has 2 unspecified atom stereocenters. The van der Waals surface area contributed by atoms with Crippen molar-refractivity contribution in [2.75, 3.05) is 20.2 Å². The molecule has 0 bridgehead atoms. The van der Waals surface area contributed by atoms with Crippen molar-refractivity contribution < 1.29 is 14.3 Å². The molecule has 1 amide bonds. The van der Waals surface area contributed by atoms with Crippen LogP contribution in [0, 0.1) is 5.92 Å². The molecule has 0 aromatic carbocycles. The summed E-state index contributed by atoms with van der Waals surface area (Å²) < 4.78 is 5.08. The Labute approximate surface area is 114 Å². The van der Waals surface area contributed by atoms with Gasteiger partial charge in [-0.15, -0.1) is 6.58 Å². The molecular formula is C14H22N2O3. The summed E-state index contributed by atoms with van der Waals surface area (Å²) in [6, 6.07) is -0.127. The number of nitrogens with one attached hydrogen (secondary N) is 1. The molecule has 1 N–H and O–H groups in total. The van der Waals surface area contributed by atoms with E-state index in [0.29, 0.717) is 13.0 Å². The zero-order chi connectivity index (χ0) is 14.0. The Morgan fingerprint density at radius 2 is 2.32 bits per heavy atom. The van der Waals surface area contributed by atoms with Gasteiger partial charge in [0.1, 0.15) is 5.54 Å². The van der Waals surface area contributed by atoms with E-state index in [2.05, 4.69) is 11.9 Å². The molecule has 2 fully saturated rings. The monoisotopic (exact) mass is 266 g/mol. The van der Waals surface area contributed by atoms with Gasteiger partial charge in [0.2, 0.25) is 5.91 Å². The highest BCUT2D eigenvalue weighted by atomic mass is 16.5. The van der Waals surface area contributed by atoms with Crippen LogP contribution in [0.1, 0.15) is 26.2 Å². The largest absolute Gasteiger partial charge is 0.464 e. The second kappa shape index (κ2) is 5.33. The van der Waals surface area contributed by atoms with Gasteiger partial charge >= 0.3 is 5.97 Å². The van der Waals surface area contributed by atoms with E-state index in [1.807, 2.05) is 11.9 Å². The highest BCUT2D eigenvalue weighted by molar-refractivity contribution is 5.93. The minimum Gasteiger partial charge on any atom is -0.464 e. The molecule has 2 aliphatic rings. The smallest absolute Gasteiger partial charge is 0.332 e. The van der Waals surface area contributed by atoms with Crippen molar-refractivity contribution in [2.24, 2.45) is 5.92 Å². The molecule has 1 saturated heterocycles. The number of nitrogens with zero attached hydrogens (tertiary/aromatic N) is 1. The van der Waals surface area contributed by atoms with Crippen LogP contribution < -0.4 is 5.32 Å². The van der Waals surface area contributed by atoms with E-state index in [1.54, 1.807) is 13.0 Å². The SMILES string of the molecule is C=CC1CC1(NC(=O)[C@@H]1CCCN1C)C(=O)OCC. The van der Waals surface area contributed by atoms with Gasteiger partial charge in [-0.25, -0.2) is 4.79 Å². The average Bonchev–Trinajstić information content (AvgIpc) is 2.93. The first-order valence-corrected chi connectivity index (χ1v) is 6.87. The molecule has 1 heterocycles. The quantitative estimate of drug-likeness (QED) is 0.588. The Kier molecular flexibility index (Phi) is 3.94. The van der Waals surface area contributed by atoms with Crippen molar-refractivity contribution in [3.05, 3.63) is 12.7 Å². The van der Waals surface area contributed by atoms with Crippen LogP contribution in [-0.4, -0.2) is 48.6 Å². The number of hydrogen-bond acceptors (Lipinski definition) is 4. The minimum atomic E-state index is -0.863. The molecule has 1 saturated carbocycles. The summed E-state index contributed by atoms with van der Waals surface area (Å²) in [5.41, 5.74) is -0.863. The molecule has 1 aliphatic carbocycles. The number of esters is 1. The number of likely N-dealkylation sites (N-methyl/N-ethyl adjacent to an activating group) is 1. The van der Waals surface area contributed by atoms with Gasteiger partial charge in [-0.3, -0.25) is 9.69 Å². The Hall–Kier alpha value is -1.36. The predicted molar refractivity (Wildman–Crippen MR) is 71.5 cm³/mol. The fourth-order valence-corrected chi connectivity index (χ4v) is 2.81. The third-order valence-electron chi connectivity index (χ3n) is 4.11. The highest BCUT2D eigenvalue weighted by Crippen LogP contribution is 2.45. The van der Waals surface area contributed by atoms with E-state index < -0.39 is 5.54 Å². The van der Waals surface area contributed by atoms with Crippen LogP contribution in [-0.2, 0) is 14.3 Å². The first kappa shape index (κ1) is 14.1. The third kappa shape index (κ3) is 2.52. The molecule has 0 aromatic rings. The van der Waals surface area contributed by atoms with Gasteiger partial charge in [0.15, 0.2) is 0 Å². The summed E-state index contributed by atoms with van der Waals surface area (Å²) in [4.78, 5) is 26.3. The first-order valence-electron chi connectivity index (χ1n) is 6.87. The van der Waals surface area contributed by atoms with Crippen molar-refractivity contribution in [3.8, 4) is 0 Å². The molecule has 0 aromatic heterocycles. The van der Waals surface area contributed by atoms with Gasteiger partial charge in [0, 0.05) is 5.92 Å². The minimum absolute atomic E-state index is 0.0118. The normalized spacial score (nSPS) is 33.8. The van der Waals surface area contributed by atoms with Crippen molar-refractivity contribution in [1.82, 2.24) is 10.2 Å². The third-order valence-corrected chi connectivity index (χ3v) is 4.11. The van der Waals surface area contributed by atoms with Crippen LogP contribution in [0.5, 0.6) is 0 Å². The van der Waals surface area contributed by atoms with Crippen LogP contribution in [0.4, 0.5) is 0 Å². The standard InChI is InChI=1S/C14H22N2O3/c1-4-10-9-14(10,13(18)19-5-2)15-12(17)11-7-6-8-16(11)3/h4,10-11H,1,5-9H2,2-3H3,(H,15,17)/t10?,11-,14?/m0/s1. The molecule has 2 rings (SSSR count). The second-order valence-electron chi connectivity index (χ2n) is 5.37. The molecule has 106 valence electrons. The van der Waals surface area contributed by atoms with Gasteiger partial charge < -0.3 is 10.1 Å². The number of hydrogen-bond donors (Lipinski definition) is 1. The van der Waals surface area contributed by atoms with E-state index in [4.69, 9.17) is 4.74 Å².